The van der Waals surface area contributed by atoms with E-state index < -0.39 is 11.7 Å². The molecule has 0 aliphatic carbocycles. The minimum atomic E-state index is -4.34. The smallest absolute Gasteiger partial charge is 0.379 e. The second-order valence-electron chi connectivity index (χ2n) is 3.98. The number of alkyl halides is 3. The van der Waals surface area contributed by atoms with Crippen molar-refractivity contribution < 1.29 is 13.2 Å². The van der Waals surface area contributed by atoms with Gasteiger partial charge in [0, 0.05) is 6.54 Å². The Balaban J connectivity index is 2.08. The number of rotatable bonds is 3. The molecular formula is C12H9BrF3N3O. The second kappa shape index (κ2) is 5.66. The average molecular weight is 348 g/mol. The zero-order chi connectivity index (χ0) is 14.8. The average Bonchev–Trinajstić information content (AvgIpc) is 2.40. The van der Waals surface area contributed by atoms with Crippen LogP contribution in [-0.4, -0.2) is 10.2 Å². The van der Waals surface area contributed by atoms with Crippen molar-refractivity contribution in [3.63, 3.8) is 0 Å². The molecule has 8 heteroatoms. The third-order valence-electron chi connectivity index (χ3n) is 2.56. The monoisotopic (exact) mass is 347 g/mol. The second-order valence-corrected chi connectivity index (χ2v) is 4.77. The van der Waals surface area contributed by atoms with E-state index in [2.05, 4.69) is 31.4 Å². The van der Waals surface area contributed by atoms with Gasteiger partial charge >= 0.3 is 6.18 Å². The van der Waals surface area contributed by atoms with Crippen LogP contribution >= 0.6 is 15.9 Å². The summed E-state index contributed by atoms with van der Waals surface area (Å²) in [6.07, 6.45) is -2.93. The normalized spacial score (nSPS) is 11.4. The quantitative estimate of drug-likeness (QED) is 0.896. The molecule has 0 aliphatic rings. The van der Waals surface area contributed by atoms with Crippen molar-refractivity contribution in [1.82, 2.24) is 10.2 Å². The summed E-state index contributed by atoms with van der Waals surface area (Å²) in [6.45, 7) is 0.280. The van der Waals surface area contributed by atoms with E-state index in [9.17, 15) is 18.0 Å². The lowest BCUT2D eigenvalue weighted by Crippen LogP contribution is -2.12. The number of aromatic nitrogens is 2. The summed E-state index contributed by atoms with van der Waals surface area (Å²) in [7, 11) is 0. The number of nitrogens with one attached hydrogen (secondary N) is 2. The molecule has 0 atom stereocenters. The highest BCUT2D eigenvalue weighted by atomic mass is 79.9. The topological polar surface area (TPSA) is 57.8 Å². The maximum absolute atomic E-state index is 12.4. The van der Waals surface area contributed by atoms with E-state index in [0.29, 0.717) is 15.7 Å². The van der Waals surface area contributed by atoms with E-state index >= 15 is 0 Å². The number of hydrogen-bond acceptors (Lipinski definition) is 3. The third kappa shape index (κ3) is 3.38. The zero-order valence-corrected chi connectivity index (χ0v) is 11.5. The number of aromatic amines is 1. The molecule has 0 amide bonds. The molecular weight excluding hydrogens is 339 g/mol. The van der Waals surface area contributed by atoms with Gasteiger partial charge in [-0.05, 0) is 33.6 Å². The number of nitrogens with zero attached hydrogens (tertiary/aromatic N) is 1. The van der Waals surface area contributed by atoms with Gasteiger partial charge in [-0.15, -0.1) is 0 Å². The fourth-order valence-electron chi connectivity index (χ4n) is 1.52. The Morgan fingerprint density at radius 1 is 1.25 bits per heavy atom. The molecule has 2 rings (SSSR count). The maximum Gasteiger partial charge on any atom is 0.416 e. The first kappa shape index (κ1) is 14.6. The molecule has 106 valence electrons. The first-order valence-electron chi connectivity index (χ1n) is 5.51. The SMILES string of the molecule is O=c1[nH]ncc(NCc2ccc(C(F)(F)F)cc2)c1Br. The van der Waals surface area contributed by atoms with Crippen LogP contribution in [0.15, 0.2) is 39.7 Å². The van der Waals surface area contributed by atoms with Gasteiger partial charge in [-0.1, -0.05) is 12.1 Å². The summed E-state index contributed by atoms with van der Waals surface area (Å²) in [5.74, 6) is 0. The van der Waals surface area contributed by atoms with Gasteiger partial charge in [-0.3, -0.25) is 4.79 Å². The molecule has 0 aliphatic heterocycles. The van der Waals surface area contributed by atoms with Gasteiger partial charge in [-0.25, -0.2) is 5.10 Å². The van der Waals surface area contributed by atoms with Gasteiger partial charge in [0.05, 0.1) is 17.4 Å². The fraction of sp³-hybridized carbons (Fsp3) is 0.167. The van der Waals surface area contributed by atoms with E-state index in [1.807, 2.05) is 0 Å². The van der Waals surface area contributed by atoms with Gasteiger partial charge in [0.2, 0.25) is 0 Å². The summed E-state index contributed by atoms with van der Waals surface area (Å²) in [6, 6.07) is 4.79. The van der Waals surface area contributed by atoms with Gasteiger partial charge in [0.1, 0.15) is 4.47 Å². The molecule has 0 saturated heterocycles. The molecule has 20 heavy (non-hydrogen) atoms. The van der Waals surface area contributed by atoms with Crippen molar-refractivity contribution in [3.8, 4) is 0 Å². The van der Waals surface area contributed by atoms with Crippen molar-refractivity contribution in [2.24, 2.45) is 0 Å². The fourth-order valence-corrected chi connectivity index (χ4v) is 1.85. The molecule has 1 aromatic heterocycles. The van der Waals surface area contributed by atoms with Crippen LogP contribution in [0.5, 0.6) is 0 Å². The van der Waals surface area contributed by atoms with Crippen molar-refractivity contribution in [3.05, 3.63) is 56.4 Å². The van der Waals surface area contributed by atoms with Crippen LogP contribution < -0.4 is 10.9 Å². The molecule has 0 unspecified atom stereocenters. The molecule has 0 saturated carbocycles. The molecule has 2 aromatic rings. The summed E-state index contributed by atoms with van der Waals surface area (Å²) >= 11 is 3.10. The van der Waals surface area contributed by atoms with Gasteiger partial charge in [0.15, 0.2) is 0 Å². The maximum atomic E-state index is 12.4. The molecule has 0 radical (unpaired) electrons. The first-order valence-corrected chi connectivity index (χ1v) is 6.30. The first-order chi connectivity index (χ1) is 9.38. The van der Waals surface area contributed by atoms with E-state index in [1.54, 1.807) is 0 Å². The largest absolute Gasteiger partial charge is 0.416 e. The summed E-state index contributed by atoms with van der Waals surface area (Å²) in [4.78, 5) is 11.3. The van der Waals surface area contributed by atoms with Crippen LogP contribution in [0, 0.1) is 0 Å². The third-order valence-corrected chi connectivity index (χ3v) is 3.35. The molecule has 0 bridgehead atoms. The number of halogens is 4. The molecule has 1 heterocycles. The van der Waals surface area contributed by atoms with Crippen molar-refractivity contribution in [2.45, 2.75) is 12.7 Å². The van der Waals surface area contributed by atoms with Crippen LogP contribution in [-0.2, 0) is 12.7 Å². The van der Waals surface area contributed by atoms with E-state index in [-0.39, 0.29) is 12.1 Å². The Labute approximate surface area is 120 Å². The number of benzene rings is 1. The highest BCUT2D eigenvalue weighted by Crippen LogP contribution is 2.29. The minimum Gasteiger partial charge on any atom is -0.379 e. The summed E-state index contributed by atoms with van der Waals surface area (Å²) in [5, 5.41) is 8.79. The Kier molecular flexibility index (Phi) is 4.12. The van der Waals surface area contributed by atoms with Crippen molar-refractivity contribution >= 4 is 21.6 Å². The van der Waals surface area contributed by atoms with Crippen LogP contribution in [0.4, 0.5) is 18.9 Å². The highest BCUT2D eigenvalue weighted by Gasteiger charge is 2.29. The number of H-pyrrole nitrogens is 1. The van der Waals surface area contributed by atoms with Crippen molar-refractivity contribution in [1.29, 1.82) is 0 Å². The predicted octanol–water partition coefficient (Wildman–Crippen LogP) is 3.16. The Hall–Kier alpha value is -1.83. The van der Waals surface area contributed by atoms with Crippen LogP contribution in [0.25, 0.3) is 0 Å². The van der Waals surface area contributed by atoms with Crippen LogP contribution in [0.1, 0.15) is 11.1 Å². The minimum absolute atomic E-state index is 0.280. The van der Waals surface area contributed by atoms with E-state index in [4.69, 9.17) is 0 Å². The van der Waals surface area contributed by atoms with Crippen LogP contribution in [0.2, 0.25) is 0 Å². The molecule has 2 N–H and O–H groups in total. The number of hydrogen-bond donors (Lipinski definition) is 2. The lowest BCUT2D eigenvalue weighted by atomic mass is 10.1. The van der Waals surface area contributed by atoms with E-state index in [0.717, 1.165) is 12.1 Å². The molecule has 1 aromatic carbocycles. The van der Waals surface area contributed by atoms with Gasteiger partial charge in [-0.2, -0.15) is 18.3 Å². The number of anilines is 1. The Morgan fingerprint density at radius 3 is 2.50 bits per heavy atom. The highest BCUT2D eigenvalue weighted by molar-refractivity contribution is 9.10. The lowest BCUT2D eigenvalue weighted by Gasteiger charge is -2.09. The van der Waals surface area contributed by atoms with Crippen LogP contribution in [0.3, 0.4) is 0 Å². The molecule has 0 fully saturated rings. The zero-order valence-electron chi connectivity index (χ0n) is 9.96. The molecule has 4 nitrogen and oxygen atoms in total. The summed E-state index contributed by atoms with van der Waals surface area (Å²) in [5.41, 5.74) is 0.0431. The van der Waals surface area contributed by atoms with Gasteiger partial charge < -0.3 is 5.32 Å². The molecule has 0 spiro atoms. The van der Waals surface area contributed by atoms with Gasteiger partial charge in [0.25, 0.3) is 5.56 Å². The standard InChI is InChI=1S/C12H9BrF3N3O/c13-10-9(6-18-19-11(10)20)17-5-7-1-3-8(4-2-7)12(14,15)16/h1-4,6H,5H2,(H2,17,19,20). The predicted molar refractivity (Wildman–Crippen MR) is 71.3 cm³/mol. The Morgan fingerprint density at radius 2 is 1.90 bits per heavy atom. The van der Waals surface area contributed by atoms with E-state index in [1.165, 1.54) is 18.3 Å². The van der Waals surface area contributed by atoms with Crippen molar-refractivity contribution in [2.75, 3.05) is 5.32 Å². The Bertz CT molecular complexity index is 652. The lowest BCUT2D eigenvalue weighted by molar-refractivity contribution is -0.137. The summed E-state index contributed by atoms with van der Waals surface area (Å²) < 4.78 is 37.5.